The topological polar surface area (TPSA) is 38.7 Å². The monoisotopic (exact) mass is 853 g/mol. The van der Waals surface area contributed by atoms with Crippen molar-refractivity contribution in [2.45, 2.75) is 18.3 Å². The van der Waals surface area contributed by atoms with Gasteiger partial charge in [0.2, 0.25) is 0 Å². The van der Waals surface area contributed by atoms with Gasteiger partial charge < -0.3 is 0 Å². The first-order valence-corrected chi connectivity index (χ1v) is 23.2. The first-order valence-electron chi connectivity index (χ1n) is 23.2. The van der Waals surface area contributed by atoms with Crippen molar-refractivity contribution in [3.8, 4) is 89.8 Å². The lowest BCUT2D eigenvalue weighted by Gasteiger charge is -2.32. The predicted molar refractivity (Wildman–Crippen MR) is 275 cm³/mol. The lowest BCUT2D eigenvalue weighted by Crippen LogP contribution is -2.27. The van der Waals surface area contributed by atoms with E-state index in [-0.39, 0.29) is 0 Å². The third kappa shape index (κ3) is 6.46. The highest BCUT2D eigenvalue weighted by atomic mass is 15.0. The molecule has 0 N–H and O–H groups in total. The summed E-state index contributed by atoms with van der Waals surface area (Å²) < 4.78 is 0. The summed E-state index contributed by atoms with van der Waals surface area (Å²) in [6.07, 6.45) is 6.81. The summed E-state index contributed by atoms with van der Waals surface area (Å²) in [5.74, 6) is 1.87. The van der Waals surface area contributed by atoms with Gasteiger partial charge >= 0.3 is 0 Å². The van der Waals surface area contributed by atoms with Crippen molar-refractivity contribution in [3.05, 3.63) is 264 Å². The summed E-state index contributed by atoms with van der Waals surface area (Å²) >= 11 is 0. The van der Waals surface area contributed by atoms with Crippen LogP contribution in [0.4, 0.5) is 0 Å². The van der Waals surface area contributed by atoms with Crippen LogP contribution in [0.15, 0.2) is 242 Å². The highest BCUT2D eigenvalue weighted by Crippen LogP contribution is 2.63. The van der Waals surface area contributed by atoms with Crippen LogP contribution in [0.5, 0.6) is 0 Å². The SMILES string of the molecule is C1=CC2=C(CC1)c1ccc(-c3nc(-c4cc(-c5ccccc5)cc(-c5ccccc5)c4)nc(-c4cc(-c5ccccc5)cc(-c5ccccc5)c4)n3)cc1C21c2ccccc2-c2ccccc21. The molecule has 1 aromatic heterocycles. The highest BCUT2D eigenvalue weighted by Gasteiger charge is 2.52. The van der Waals surface area contributed by atoms with Gasteiger partial charge in [-0.3, -0.25) is 0 Å². The van der Waals surface area contributed by atoms with Crippen molar-refractivity contribution in [2.24, 2.45) is 0 Å². The quantitative estimate of drug-likeness (QED) is 0.160. The summed E-state index contributed by atoms with van der Waals surface area (Å²) in [5, 5.41) is 0. The second kappa shape index (κ2) is 15.9. The Hall–Kier alpha value is -8.53. The third-order valence-corrected chi connectivity index (χ3v) is 14.0. The molecule has 10 aromatic rings. The molecule has 3 heteroatoms. The fourth-order valence-corrected chi connectivity index (χ4v) is 11.0. The predicted octanol–water partition coefficient (Wildman–Crippen LogP) is 16.0. The van der Waals surface area contributed by atoms with Gasteiger partial charge in [-0.1, -0.05) is 194 Å². The van der Waals surface area contributed by atoms with Crippen LogP contribution in [0.3, 0.4) is 0 Å². The molecule has 3 nitrogen and oxygen atoms in total. The number of hydrogen-bond donors (Lipinski definition) is 0. The lowest BCUT2D eigenvalue weighted by molar-refractivity contribution is 0.780. The Morgan fingerprint density at radius 2 is 0.687 bits per heavy atom. The molecule has 0 unspecified atom stereocenters. The molecule has 1 spiro atoms. The summed E-state index contributed by atoms with van der Waals surface area (Å²) in [6.45, 7) is 0. The Morgan fingerprint density at radius 3 is 1.13 bits per heavy atom. The van der Waals surface area contributed by atoms with E-state index in [0.29, 0.717) is 17.5 Å². The lowest BCUT2D eigenvalue weighted by atomic mass is 9.69. The minimum absolute atomic E-state index is 0.452. The average Bonchev–Trinajstić information content (AvgIpc) is 3.88. The van der Waals surface area contributed by atoms with Gasteiger partial charge in [-0.05, 0) is 144 Å². The first-order chi connectivity index (χ1) is 33.2. The van der Waals surface area contributed by atoms with Crippen LogP contribution in [0.25, 0.3) is 95.4 Å². The average molecular weight is 854 g/mol. The van der Waals surface area contributed by atoms with Crippen molar-refractivity contribution in [3.63, 3.8) is 0 Å². The second-order valence-corrected chi connectivity index (χ2v) is 17.8. The summed E-state index contributed by atoms with van der Waals surface area (Å²) in [6, 6.07) is 80.8. The van der Waals surface area contributed by atoms with E-state index >= 15 is 0 Å². The molecule has 3 aliphatic carbocycles. The Bertz CT molecular complexity index is 3300. The molecule has 0 saturated carbocycles. The fourth-order valence-electron chi connectivity index (χ4n) is 11.0. The number of nitrogens with zero attached hydrogens (tertiary/aromatic N) is 3. The van der Waals surface area contributed by atoms with Gasteiger partial charge in [-0.15, -0.1) is 0 Å². The largest absolute Gasteiger partial charge is 0.208 e. The summed E-state index contributed by atoms with van der Waals surface area (Å²) in [5.41, 5.74) is 22.0. The molecular weight excluding hydrogens is 811 g/mol. The maximum absolute atomic E-state index is 5.50. The van der Waals surface area contributed by atoms with E-state index in [2.05, 4.69) is 237 Å². The number of hydrogen-bond acceptors (Lipinski definition) is 3. The number of fused-ring (bicyclic) bond motifs is 9. The van der Waals surface area contributed by atoms with Crippen LogP contribution in [0.2, 0.25) is 0 Å². The van der Waals surface area contributed by atoms with Crippen LogP contribution in [0.1, 0.15) is 35.1 Å². The number of benzene rings is 9. The molecule has 3 aliphatic rings. The molecule has 0 saturated heterocycles. The number of rotatable bonds is 7. The Kier molecular flexibility index (Phi) is 9.21. The van der Waals surface area contributed by atoms with Crippen molar-refractivity contribution >= 4 is 5.57 Å². The van der Waals surface area contributed by atoms with Crippen molar-refractivity contribution in [1.29, 1.82) is 0 Å². The van der Waals surface area contributed by atoms with E-state index < -0.39 is 5.41 Å². The third-order valence-electron chi connectivity index (χ3n) is 14.0. The molecule has 0 atom stereocenters. The maximum atomic E-state index is 5.50. The van der Waals surface area contributed by atoms with Gasteiger partial charge in [0.15, 0.2) is 17.5 Å². The van der Waals surface area contributed by atoms with Crippen molar-refractivity contribution in [1.82, 2.24) is 15.0 Å². The fraction of sp³-hybridized carbons (Fsp3) is 0.0469. The molecule has 1 heterocycles. The molecule has 0 aliphatic heterocycles. The molecule has 67 heavy (non-hydrogen) atoms. The van der Waals surface area contributed by atoms with E-state index in [0.717, 1.165) is 74.0 Å². The minimum Gasteiger partial charge on any atom is -0.208 e. The summed E-state index contributed by atoms with van der Waals surface area (Å²) in [4.78, 5) is 16.5. The van der Waals surface area contributed by atoms with Crippen LogP contribution >= 0.6 is 0 Å². The van der Waals surface area contributed by atoms with Gasteiger partial charge in [0.05, 0.1) is 5.41 Å². The molecule has 13 rings (SSSR count). The Labute approximate surface area is 391 Å². The van der Waals surface area contributed by atoms with Crippen LogP contribution < -0.4 is 0 Å². The van der Waals surface area contributed by atoms with Gasteiger partial charge in [-0.2, -0.15) is 0 Å². The maximum Gasteiger partial charge on any atom is 0.164 e. The molecule has 0 amide bonds. The minimum atomic E-state index is -0.452. The molecule has 0 radical (unpaired) electrons. The van der Waals surface area contributed by atoms with E-state index in [1.54, 1.807) is 0 Å². The zero-order chi connectivity index (χ0) is 44.3. The van der Waals surface area contributed by atoms with Crippen molar-refractivity contribution in [2.75, 3.05) is 0 Å². The highest BCUT2D eigenvalue weighted by molar-refractivity contribution is 5.97. The number of allylic oxidation sites excluding steroid dienone is 4. The van der Waals surface area contributed by atoms with Crippen molar-refractivity contribution < 1.29 is 0 Å². The van der Waals surface area contributed by atoms with E-state index in [4.69, 9.17) is 15.0 Å². The zero-order valence-electron chi connectivity index (χ0n) is 36.8. The standard InChI is InChI=1S/C64H43N3/c1-5-19-42(20-6-1)47-35-48(43-21-7-2-8-22-43)38-51(37-47)62-65-61(66-63(67-62)52-39-49(44-23-9-3-10-24-44)36-50(40-52)45-25-11-4-12-26-45)46-33-34-56-55-29-15-18-32-59(55)64(60(56)41-46)57-30-16-13-27-53(57)54-28-14-17-31-58(54)64/h1-14,16-28,30-41H,15,29H2. The smallest absolute Gasteiger partial charge is 0.164 e. The molecule has 0 bridgehead atoms. The van der Waals surface area contributed by atoms with Gasteiger partial charge in [-0.25, -0.2) is 15.0 Å². The van der Waals surface area contributed by atoms with Crippen LogP contribution in [-0.2, 0) is 5.41 Å². The molecule has 0 fully saturated rings. The summed E-state index contributed by atoms with van der Waals surface area (Å²) in [7, 11) is 0. The van der Waals surface area contributed by atoms with Gasteiger partial charge in [0.1, 0.15) is 0 Å². The van der Waals surface area contributed by atoms with Crippen LogP contribution in [-0.4, -0.2) is 15.0 Å². The van der Waals surface area contributed by atoms with Gasteiger partial charge in [0, 0.05) is 16.7 Å². The Morgan fingerprint density at radius 1 is 0.299 bits per heavy atom. The van der Waals surface area contributed by atoms with E-state index in [9.17, 15) is 0 Å². The molecule has 9 aromatic carbocycles. The van der Waals surface area contributed by atoms with E-state index in [1.807, 2.05) is 0 Å². The van der Waals surface area contributed by atoms with E-state index in [1.165, 1.54) is 44.5 Å². The number of aromatic nitrogens is 3. The molecular formula is C64H43N3. The second-order valence-electron chi connectivity index (χ2n) is 17.8. The van der Waals surface area contributed by atoms with Gasteiger partial charge in [0.25, 0.3) is 0 Å². The normalized spacial score (nSPS) is 13.9. The van der Waals surface area contributed by atoms with Crippen LogP contribution in [0, 0.1) is 0 Å². The Balaban J connectivity index is 1.07. The molecule has 314 valence electrons. The zero-order valence-corrected chi connectivity index (χ0v) is 36.8. The first kappa shape index (κ1) is 38.9.